The van der Waals surface area contributed by atoms with E-state index in [0.29, 0.717) is 12.6 Å². The minimum absolute atomic E-state index is 0.164. The lowest BCUT2D eigenvalue weighted by molar-refractivity contribution is 0.242. The van der Waals surface area contributed by atoms with Crippen LogP contribution in [0.2, 0.25) is 0 Å². The van der Waals surface area contributed by atoms with Gasteiger partial charge in [0.1, 0.15) is 0 Å². The Kier molecular flexibility index (Phi) is 3.84. The first kappa shape index (κ1) is 12.2. The number of aromatic nitrogens is 1. The Hall–Kier alpha value is -1.29. The van der Waals surface area contributed by atoms with E-state index in [4.69, 9.17) is 10.5 Å². The normalized spacial score (nSPS) is 20.0. The highest BCUT2D eigenvalue weighted by Crippen LogP contribution is 2.31. The average molecular weight is 235 g/mol. The number of pyridine rings is 1. The molecule has 2 N–H and O–H groups in total. The van der Waals surface area contributed by atoms with E-state index in [1.807, 2.05) is 32.2 Å². The quantitative estimate of drug-likeness (QED) is 0.864. The first-order valence-corrected chi connectivity index (χ1v) is 6.30. The molecular formula is C13H21N3O. The van der Waals surface area contributed by atoms with Crippen LogP contribution in [0.5, 0.6) is 5.75 Å². The molecule has 1 fully saturated rings. The fraction of sp³-hybridized carbons (Fsp3) is 0.615. The second-order valence-electron chi connectivity index (χ2n) is 4.72. The summed E-state index contributed by atoms with van der Waals surface area (Å²) in [6.45, 7) is 5.76. The zero-order chi connectivity index (χ0) is 12.3. The van der Waals surface area contributed by atoms with Crippen molar-refractivity contribution in [2.24, 2.45) is 5.73 Å². The van der Waals surface area contributed by atoms with E-state index in [2.05, 4.69) is 9.88 Å². The molecule has 1 saturated heterocycles. The predicted octanol–water partition coefficient (Wildman–Crippen LogP) is 1.80. The van der Waals surface area contributed by atoms with E-state index in [1.165, 1.54) is 6.42 Å². The van der Waals surface area contributed by atoms with Crippen molar-refractivity contribution in [3.05, 3.63) is 18.3 Å². The van der Waals surface area contributed by atoms with Gasteiger partial charge in [-0.3, -0.25) is 0 Å². The molecule has 1 atom stereocenters. The molecule has 0 bridgehead atoms. The Morgan fingerprint density at radius 2 is 2.41 bits per heavy atom. The van der Waals surface area contributed by atoms with Gasteiger partial charge in [-0.1, -0.05) is 0 Å². The smallest absolute Gasteiger partial charge is 0.171 e. The summed E-state index contributed by atoms with van der Waals surface area (Å²) >= 11 is 0. The molecule has 1 aromatic heterocycles. The van der Waals surface area contributed by atoms with E-state index in [9.17, 15) is 0 Å². The summed E-state index contributed by atoms with van der Waals surface area (Å²) in [5.74, 6) is 1.80. The Morgan fingerprint density at radius 3 is 3.12 bits per heavy atom. The summed E-state index contributed by atoms with van der Waals surface area (Å²) < 4.78 is 5.81. The van der Waals surface area contributed by atoms with Crippen molar-refractivity contribution >= 4 is 5.82 Å². The van der Waals surface area contributed by atoms with Crippen LogP contribution < -0.4 is 15.4 Å². The van der Waals surface area contributed by atoms with E-state index in [-0.39, 0.29) is 6.10 Å². The van der Waals surface area contributed by atoms with Crippen LogP contribution in [0.25, 0.3) is 0 Å². The first-order chi connectivity index (χ1) is 8.22. The lowest BCUT2D eigenvalue weighted by Crippen LogP contribution is -2.36. The molecule has 2 rings (SSSR count). The molecule has 4 nitrogen and oxygen atoms in total. The molecule has 94 valence electrons. The number of anilines is 1. The van der Waals surface area contributed by atoms with Crippen LogP contribution in [0.3, 0.4) is 0 Å². The van der Waals surface area contributed by atoms with Gasteiger partial charge in [-0.25, -0.2) is 4.98 Å². The van der Waals surface area contributed by atoms with E-state index < -0.39 is 0 Å². The van der Waals surface area contributed by atoms with Gasteiger partial charge in [-0.2, -0.15) is 0 Å². The number of nitrogens with zero attached hydrogens (tertiary/aromatic N) is 2. The highest BCUT2D eigenvalue weighted by atomic mass is 16.5. The van der Waals surface area contributed by atoms with Crippen LogP contribution in [0.4, 0.5) is 5.82 Å². The van der Waals surface area contributed by atoms with Crippen LogP contribution >= 0.6 is 0 Å². The number of rotatable bonds is 4. The maximum Gasteiger partial charge on any atom is 0.171 e. The molecule has 1 aliphatic heterocycles. The molecule has 0 saturated carbocycles. The van der Waals surface area contributed by atoms with Gasteiger partial charge in [-0.15, -0.1) is 0 Å². The highest BCUT2D eigenvalue weighted by Gasteiger charge is 2.26. The molecule has 0 aliphatic carbocycles. The second kappa shape index (κ2) is 5.36. The average Bonchev–Trinajstić information content (AvgIpc) is 2.77. The zero-order valence-electron chi connectivity index (χ0n) is 10.6. The third kappa shape index (κ3) is 2.69. The molecule has 1 aromatic rings. The van der Waals surface area contributed by atoms with Crippen molar-refractivity contribution in [3.63, 3.8) is 0 Å². The molecule has 17 heavy (non-hydrogen) atoms. The maximum absolute atomic E-state index is 5.81. The highest BCUT2D eigenvalue weighted by molar-refractivity contribution is 5.53. The molecule has 1 unspecified atom stereocenters. The molecule has 1 aliphatic rings. The van der Waals surface area contributed by atoms with Gasteiger partial charge < -0.3 is 15.4 Å². The lowest BCUT2D eigenvalue weighted by Gasteiger charge is -2.26. The van der Waals surface area contributed by atoms with Crippen LogP contribution in [0, 0.1) is 0 Å². The Morgan fingerprint density at radius 1 is 1.59 bits per heavy atom. The van der Waals surface area contributed by atoms with Crippen molar-refractivity contribution in [1.29, 1.82) is 0 Å². The topological polar surface area (TPSA) is 51.4 Å². The Bertz CT molecular complexity index is 367. The largest absolute Gasteiger partial charge is 0.487 e. The van der Waals surface area contributed by atoms with Gasteiger partial charge in [0.2, 0.25) is 0 Å². The van der Waals surface area contributed by atoms with Gasteiger partial charge in [0.05, 0.1) is 6.10 Å². The molecular weight excluding hydrogens is 214 g/mol. The van der Waals surface area contributed by atoms with Crippen molar-refractivity contribution in [3.8, 4) is 5.75 Å². The molecule has 0 aromatic carbocycles. The summed E-state index contributed by atoms with van der Waals surface area (Å²) in [7, 11) is 0. The van der Waals surface area contributed by atoms with Crippen molar-refractivity contribution in [2.45, 2.75) is 38.8 Å². The van der Waals surface area contributed by atoms with Gasteiger partial charge in [-0.05, 0) is 38.8 Å². The summed E-state index contributed by atoms with van der Waals surface area (Å²) in [5.41, 5.74) is 5.80. The Balaban J connectivity index is 2.24. The SMILES string of the molecule is CC(C)Oc1cccnc1N1CCCC1CN. The second-order valence-corrected chi connectivity index (χ2v) is 4.72. The van der Waals surface area contributed by atoms with Gasteiger partial charge in [0, 0.05) is 25.3 Å². The standard InChI is InChI=1S/C13H21N3O/c1-10(2)17-12-6-3-7-15-13(12)16-8-4-5-11(16)9-14/h3,6-7,10-11H,4-5,8-9,14H2,1-2H3. The molecule has 4 heteroatoms. The van der Waals surface area contributed by atoms with Crippen molar-refractivity contribution in [2.75, 3.05) is 18.0 Å². The minimum Gasteiger partial charge on any atom is -0.487 e. The van der Waals surface area contributed by atoms with Gasteiger partial charge >= 0.3 is 0 Å². The van der Waals surface area contributed by atoms with Crippen LogP contribution in [-0.2, 0) is 0 Å². The maximum atomic E-state index is 5.81. The number of hydrogen-bond donors (Lipinski definition) is 1. The minimum atomic E-state index is 0.164. The summed E-state index contributed by atoms with van der Waals surface area (Å²) in [5, 5.41) is 0. The molecule has 0 spiro atoms. The zero-order valence-corrected chi connectivity index (χ0v) is 10.6. The van der Waals surface area contributed by atoms with E-state index >= 15 is 0 Å². The Labute approximate surface area is 103 Å². The molecule has 0 amide bonds. The lowest BCUT2D eigenvalue weighted by atomic mass is 10.2. The van der Waals surface area contributed by atoms with Crippen LogP contribution in [-0.4, -0.2) is 30.2 Å². The molecule has 2 heterocycles. The monoisotopic (exact) mass is 235 g/mol. The van der Waals surface area contributed by atoms with Gasteiger partial charge in [0.25, 0.3) is 0 Å². The number of hydrogen-bond acceptors (Lipinski definition) is 4. The summed E-state index contributed by atoms with van der Waals surface area (Å²) in [6, 6.07) is 4.29. The third-order valence-corrected chi connectivity index (χ3v) is 3.03. The first-order valence-electron chi connectivity index (χ1n) is 6.30. The predicted molar refractivity (Wildman–Crippen MR) is 69.4 cm³/mol. The van der Waals surface area contributed by atoms with Gasteiger partial charge in [0.15, 0.2) is 11.6 Å². The molecule has 0 radical (unpaired) electrons. The van der Waals surface area contributed by atoms with E-state index in [0.717, 1.165) is 24.5 Å². The third-order valence-electron chi connectivity index (χ3n) is 3.03. The fourth-order valence-corrected chi connectivity index (χ4v) is 2.30. The van der Waals surface area contributed by atoms with Crippen molar-refractivity contribution in [1.82, 2.24) is 4.98 Å². The summed E-state index contributed by atoms with van der Waals surface area (Å²) in [4.78, 5) is 6.73. The fourth-order valence-electron chi connectivity index (χ4n) is 2.30. The number of nitrogens with two attached hydrogens (primary N) is 1. The number of ether oxygens (including phenoxy) is 1. The van der Waals surface area contributed by atoms with Crippen LogP contribution in [0.15, 0.2) is 18.3 Å². The van der Waals surface area contributed by atoms with E-state index in [1.54, 1.807) is 0 Å². The van der Waals surface area contributed by atoms with Crippen LogP contribution in [0.1, 0.15) is 26.7 Å². The summed E-state index contributed by atoms with van der Waals surface area (Å²) in [6.07, 6.45) is 4.30. The van der Waals surface area contributed by atoms with Crippen molar-refractivity contribution < 1.29 is 4.74 Å².